The zero-order valence-corrected chi connectivity index (χ0v) is 28.0. The van der Waals surface area contributed by atoms with Gasteiger partial charge in [0.15, 0.2) is 11.6 Å². The van der Waals surface area contributed by atoms with Gasteiger partial charge in [-0.25, -0.2) is 0 Å². The number of allylic oxidation sites excluding steroid dienone is 1. The Morgan fingerprint density at radius 1 is 0.864 bits per heavy atom. The van der Waals surface area contributed by atoms with Crippen molar-refractivity contribution >= 4 is 17.5 Å². The Morgan fingerprint density at radius 3 is 1.98 bits per heavy atom. The van der Waals surface area contributed by atoms with Gasteiger partial charge in [-0.3, -0.25) is 14.4 Å². The van der Waals surface area contributed by atoms with Gasteiger partial charge in [0.1, 0.15) is 12.2 Å². The maximum atomic E-state index is 12.4. The number of carbonyl (C=O) groups is 3. The summed E-state index contributed by atoms with van der Waals surface area (Å²) < 4.78 is 0. The molecule has 4 aliphatic rings. The molecule has 7 heteroatoms. The fourth-order valence-corrected chi connectivity index (χ4v) is 9.58. The lowest BCUT2D eigenvalue weighted by Gasteiger charge is -2.60. The van der Waals surface area contributed by atoms with E-state index in [1.165, 1.54) is 76.2 Å². The molecular weight excluding hydrogens is 556 g/mol. The molecule has 0 radical (unpaired) electrons. The molecule has 252 valence electrons. The molecule has 44 heavy (non-hydrogen) atoms. The monoisotopic (exact) mass is 618 g/mol. The van der Waals surface area contributed by atoms with Gasteiger partial charge >= 0.3 is 5.97 Å². The zero-order valence-electron chi connectivity index (χ0n) is 28.0. The number of ketones is 2. The number of aliphatic hydroxyl groups is 3. The first kappa shape index (κ1) is 36.9. The second kappa shape index (κ2) is 16.8. The minimum absolute atomic E-state index is 0.0697. The smallest absolute Gasteiger partial charge is 0.303 e. The molecule has 3 saturated carbocycles. The van der Waals surface area contributed by atoms with Gasteiger partial charge < -0.3 is 20.4 Å². The highest BCUT2D eigenvalue weighted by Crippen LogP contribution is 2.67. The van der Waals surface area contributed by atoms with E-state index in [4.69, 9.17) is 5.11 Å². The normalized spacial score (nSPS) is 34.2. The summed E-state index contributed by atoms with van der Waals surface area (Å²) in [5.74, 6) is -0.515. The Bertz CT molecular complexity index is 990. The van der Waals surface area contributed by atoms with Crippen LogP contribution in [0.15, 0.2) is 11.6 Å². The largest absolute Gasteiger partial charge is 0.481 e. The molecule has 0 aromatic heterocycles. The van der Waals surface area contributed by atoms with Crippen LogP contribution in [0.2, 0.25) is 0 Å². The minimum Gasteiger partial charge on any atom is -0.481 e. The third-order valence-electron chi connectivity index (χ3n) is 12.1. The van der Waals surface area contributed by atoms with E-state index in [0.717, 1.165) is 38.5 Å². The molecule has 7 atom stereocenters. The van der Waals surface area contributed by atoms with E-state index in [2.05, 4.69) is 13.8 Å². The molecule has 0 aliphatic heterocycles. The van der Waals surface area contributed by atoms with E-state index in [9.17, 15) is 29.7 Å². The Kier molecular flexibility index (Phi) is 14.1. The Hall–Kier alpha value is -1.57. The Balaban J connectivity index is 0.000000260. The number of rotatable bonds is 16. The van der Waals surface area contributed by atoms with Gasteiger partial charge in [0.25, 0.3) is 0 Å². The third-order valence-corrected chi connectivity index (χ3v) is 12.1. The number of hydrogen-bond donors (Lipinski definition) is 4. The van der Waals surface area contributed by atoms with Crippen molar-refractivity contribution in [2.45, 2.75) is 167 Å². The van der Waals surface area contributed by atoms with Crippen molar-refractivity contribution in [2.24, 2.45) is 28.6 Å². The Labute approximate surface area is 266 Å². The van der Waals surface area contributed by atoms with Crippen LogP contribution in [-0.4, -0.2) is 56.3 Å². The molecule has 0 bridgehead atoms. The lowest BCUT2D eigenvalue weighted by molar-refractivity contribution is -0.182. The summed E-state index contributed by atoms with van der Waals surface area (Å²) in [4.78, 5) is 34.6. The van der Waals surface area contributed by atoms with Crippen LogP contribution < -0.4 is 0 Å². The molecule has 0 amide bonds. The van der Waals surface area contributed by atoms with Crippen LogP contribution in [0.4, 0.5) is 0 Å². The number of carbonyl (C=O) groups excluding carboxylic acids is 2. The third kappa shape index (κ3) is 8.41. The second-order valence-corrected chi connectivity index (χ2v) is 14.9. The van der Waals surface area contributed by atoms with E-state index >= 15 is 0 Å². The first-order valence-electron chi connectivity index (χ1n) is 17.9. The van der Waals surface area contributed by atoms with Gasteiger partial charge in [-0.2, -0.15) is 0 Å². The van der Waals surface area contributed by atoms with Crippen molar-refractivity contribution in [2.75, 3.05) is 6.61 Å². The maximum Gasteiger partial charge on any atom is 0.303 e. The summed E-state index contributed by atoms with van der Waals surface area (Å²) in [5.41, 5.74) is -1.23. The molecule has 0 unspecified atom stereocenters. The molecule has 0 aromatic rings. The zero-order chi connectivity index (χ0) is 32.4. The van der Waals surface area contributed by atoms with Crippen LogP contribution in [0, 0.1) is 28.6 Å². The average molecular weight is 619 g/mol. The summed E-state index contributed by atoms with van der Waals surface area (Å²) >= 11 is 0. The number of fused-ring (bicyclic) bond motifs is 5. The van der Waals surface area contributed by atoms with E-state index in [-0.39, 0.29) is 29.0 Å². The van der Waals surface area contributed by atoms with Crippen LogP contribution in [-0.2, 0) is 14.4 Å². The number of aliphatic hydroxyl groups excluding tert-OH is 2. The van der Waals surface area contributed by atoms with Crippen molar-refractivity contribution < 1.29 is 34.8 Å². The number of Topliss-reactive ketones (excluding diaryl/α,β-unsaturated/α-hetero) is 1. The SMILES string of the molecule is CCCCCCCCCCCCCCCC(=O)O.C[C@]12CCC(=O)C=C1CC[C@@H]1[C@@H]2[C@@H](O)C[C@@]2(C)[C@H]1CC[C@]2(O)C(=O)CO. The molecular formula is C37H62O7. The predicted octanol–water partition coefficient (Wildman–Crippen LogP) is 7.33. The summed E-state index contributed by atoms with van der Waals surface area (Å²) in [5, 5.41) is 40.2. The van der Waals surface area contributed by atoms with Crippen molar-refractivity contribution in [1.82, 2.24) is 0 Å². The van der Waals surface area contributed by atoms with Gasteiger partial charge in [0.2, 0.25) is 0 Å². The fraction of sp³-hybridized carbons (Fsp3) is 0.865. The molecule has 0 spiro atoms. The number of carboxylic acid groups (broad SMARTS) is 1. The van der Waals surface area contributed by atoms with Crippen LogP contribution >= 0.6 is 0 Å². The molecule has 4 N–H and O–H groups in total. The van der Waals surface area contributed by atoms with Gasteiger partial charge in [-0.05, 0) is 74.2 Å². The van der Waals surface area contributed by atoms with Gasteiger partial charge in [-0.15, -0.1) is 0 Å². The van der Waals surface area contributed by atoms with Gasteiger partial charge in [0.05, 0.1) is 6.10 Å². The van der Waals surface area contributed by atoms with Crippen molar-refractivity contribution in [3.63, 3.8) is 0 Å². The van der Waals surface area contributed by atoms with E-state index in [0.29, 0.717) is 25.7 Å². The van der Waals surface area contributed by atoms with Gasteiger partial charge in [0, 0.05) is 18.3 Å². The summed E-state index contributed by atoms with van der Waals surface area (Å²) in [6.45, 7) is 5.72. The number of aliphatic carboxylic acids is 1. The van der Waals surface area contributed by atoms with E-state index in [1.807, 2.05) is 6.92 Å². The van der Waals surface area contributed by atoms with Crippen molar-refractivity contribution in [3.8, 4) is 0 Å². The first-order valence-corrected chi connectivity index (χ1v) is 17.9. The Morgan fingerprint density at radius 2 is 1.43 bits per heavy atom. The summed E-state index contributed by atoms with van der Waals surface area (Å²) in [6.07, 6.45) is 23.0. The molecule has 0 heterocycles. The molecule has 4 aliphatic carbocycles. The standard InChI is InChI=1S/C21H30O5.C16H32O2/c1-19-7-5-13(23)9-12(19)3-4-14-15-6-8-21(26,17(25)11-22)20(15,2)10-16(24)18(14)19;1-2-3-4-5-6-7-8-9-10-11-12-13-14-15-16(17)18/h9,14-16,18,22,24,26H,3-8,10-11H2,1-2H3;2-15H2,1H3,(H,17,18)/t14-,15-,16-,18+,19-,20-,21-;/m0./s1. The van der Waals surface area contributed by atoms with Crippen molar-refractivity contribution in [1.29, 1.82) is 0 Å². The molecule has 4 rings (SSSR count). The lowest BCUT2D eigenvalue weighted by Crippen LogP contribution is -2.62. The number of unbranched alkanes of at least 4 members (excludes halogenated alkanes) is 12. The summed E-state index contributed by atoms with van der Waals surface area (Å²) in [7, 11) is 0. The lowest BCUT2D eigenvalue weighted by atomic mass is 9.45. The maximum absolute atomic E-state index is 12.4. The highest BCUT2D eigenvalue weighted by atomic mass is 16.4. The molecule has 3 fully saturated rings. The number of carboxylic acids is 1. The molecule has 7 nitrogen and oxygen atoms in total. The highest BCUT2D eigenvalue weighted by molar-refractivity contribution is 5.91. The predicted molar refractivity (Wildman–Crippen MR) is 173 cm³/mol. The minimum atomic E-state index is -1.54. The van der Waals surface area contributed by atoms with Crippen LogP contribution in [0.25, 0.3) is 0 Å². The first-order chi connectivity index (χ1) is 20.9. The van der Waals surface area contributed by atoms with Crippen LogP contribution in [0.1, 0.15) is 156 Å². The van der Waals surface area contributed by atoms with Crippen LogP contribution in [0.3, 0.4) is 0 Å². The second-order valence-electron chi connectivity index (χ2n) is 14.9. The van der Waals surface area contributed by atoms with Crippen LogP contribution in [0.5, 0.6) is 0 Å². The molecule has 0 saturated heterocycles. The molecule has 0 aromatic carbocycles. The van der Waals surface area contributed by atoms with E-state index in [1.54, 1.807) is 6.08 Å². The van der Waals surface area contributed by atoms with Crippen molar-refractivity contribution in [3.05, 3.63) is 11.6 Å². The average Bonchev–Trinajstić information content (AvgIpc) is 3.26. The summed E-state index contributed by atoms with van der Waals surface area (Å²) in [6, 6.07) is 0. The highest BCUT2D eigenvalue weighted by Gasteiger charge is 2.68. The van der Waals surface area contributed by atoms with Gasteiger partial charge in [-0.1, -0.05) is 103 Å². The number of hydrogen-bond acceptors (Lipinski definition) is 6. The van der Waals surface area contributed by atoms with E-state index < -0.39 is 35.5 Å². The quantitative estimate of drug-likeness (QED) is 0.133. The topological polar surface area (TPSA) is 132 Å². The fourth-order valence-electron chi connectivity index (χ4n) is 9.58.